The zero-order valence-electron chi connectivity index (χ0n) is 12.6. The molecule has 0 radical (unpaired) electrons. The summed E-state index contributed by atoms with van der Waals surface area (Å²) in [5.41, 5.74) is -3.73. The van der Waals surface area contributed by atoms with Gasteiger partial charge in [-0.3, -0.25) is 30.2 Å². The van der Waals surface area contributed by atoms with Gasteiger partial charge in [-0.05, 0) is 0 Å². The van der Waals surface area contributed by atoms with Gasteiger partial charge >= 0.3 is 6.18 Å². The van der Waals surface area contributed by atoms with E-state index in [4.69, 9.17) is 0 Å². The summed E-state index contributed by atoms with van der Waals surface area (Å²) < 4.78 is 38.6. The lowest BCUT2D eigenvalue weighted by Crippen LogP contribution is -2.21. The summed E-state index contributed by atoms with van der Waals surface area (Å²) >= 11 is 0. The Morgan fingerprint density at radius 3 is 2.08 bits per heavy atom. The van der Waals surface area contributed by atoms with Crippen LogP contribution in [0.4, 0.5) is 30.2 Å². The molecule has 0 saturated carbocycles. The van der Waals surface area contributed by atoms with E-state index >= 15 is 0 Å². The lowest BCUT2D eigenvalue weighted by molar-refractivity contribution is -0.393. The first-order valence-corrected chi connectivity index (χ1v) is 6.61. The van der Waals surface area contributed by atoms with Crippen LogP contribution in [0.2, 0.25) is 0 Å². The van der Waals surface area contributed by atoms with E-state index in [-0.39, 0.29) is 18.7 Å². The molecule has 12 heteroatoms. The fourth-order valence-electron chi connectivity index (χ4n) is 2.17. The highest BCUT2D eigenvalue weighted by Crippen LogP contribution is 2.42. The van der Waals surface area contributed by atoms with Crippen molar-refractivity contribution in [2.75, 3.05) is 11.9 Å². The molecule has 0 bridgehead atoms. The third kappa shape index (κ3) is 3.97. The highest BCUT2D eigenvalue weighted by molar-refractivity contribution is 5.76. The summed E-state index contributed by atoms with van der Waals surface area (Å²) in [5.74, 6) is 0. The van der Waals surface area contributed by atoms with Crippen molar-refractivity contribution >= 4 is 17.1 Å². The SMILES string of the molecule is CN(Cc1cnccn1)c1c([N+](=O)[O-])cc(C(F)(F)F)cc1[N+](=O)[O-]. The van der Waals surface area contributed by atoms with Crippen molar-refractivity contribution in [1.82, 2.24) is 9.97 Å². The molecule has 0 aliphatic heterocycles. The number of halogens is 3. The molecule has 0 N–H and O–H groups in total. The van der Waals surface area contributed by atoms with Crippen LogP contribution < -0.4 is 4.90 Å². The Morgan fingerprint density at radius 1 is 1.12 bits per heavy atom. The smallest absolute Gasteiger partial charge is 0.357 e. The zero-order chi connectivity index (χ0) is 18.8. The third-order valence-corrected chi connectivity index (χ3v) is 3.19. The first-order valence-electron chi connectivity index (χ1n) is 6.61. The van der Waals surface area contributed by atoms with Crippen LogP contribution in [-0.2, 0) is 12.7 Å². The summed E-state index contributed by atoms with van der Waals surface area (Å²) in [6, 6.07) is 0.547. The fourth-order valence-corrected chi connectivity index (χ4v) is 2.17. The summed E-state index contributed by atoms with van der Waals surface area (Å²) in [7, 11) is 1.28. The number of benzene rings is 1. The van der Waals surface area contributed by atoms with Gasteiger partial charge in [0, 0.05) is 31.6 Å². The van der Waals surface area contributed by atoms with Crippen molar-refractivity contribution in [3.63, 3.8) is 0 Å². The van der Waals surface area contributed by atoms with E-state index in [1.165, 1.54) is 25.6 Å². The molecule has 25 heavy (non-hydrogen) atoms. The van der Waals surface area contributed by atoms with Crippen molar-refractivity contribution in [1.29, 1.82) is 0 Å². The Hall–Kier alpha value is -3.31. The summed E-state index contributed by atoms with van der Waals surface area (Å²) in [6.07, 6.45) is -0.902. The molecule has 0 spiro atoms. The molecule has 0 aliphatic carbocycles. The van der Waals surface area contributed by atoms with Gasteiger partial charge in [0.15, 0.2) is 5.69 Å². The molecule has 2 rings (SSSR count). The molecule has 0 atom stereocenters. The topological polar surface area (TPSA) is 115 Å². The largest absolute Gasteiger partial charge is 0.416 e. The van der Waals surface area contributed by atoms with E-state index in [9.17, 15) is 33.4 Å². The van der Waals surface area contributed by atoms with Gasteiger partial charge < -0.3 is 4.90 Å². The minimum absolute atomic E-state index is 0.124. The summed E-state index contributed by atoms with van der Waals surface area (Å²) in [4.78, 5) is 29.0. The van der Waals surface area contributed by atoms with Gasteiger partial charge in [-0.1, -0.05) is 0 Å². The first-order chi connectivity index (χ1) is 11.6. The summed E-state index contributed by atoms with van der Waals surface area (Å²) in [5, 5.41) is 22.4. The molecular weight excluding hydrogens is 347 g/mol. The van der Waals surface area contributed by atoms with E-state index in [0.717, 1.165) is 4.90 Å². The maximum Gasteiger partial charge on any atom is 0.416 e. The number of hydrogen-bond donors (Lipinski definition) is 0. The van der Waals surface area contributed by atoms with Crippen molar-refractivity contribution in [2.24, 2.45) is 0 Å². The lowest BCUT2D eigenvalue weighted by atomic mass is 10.1. The summed E-state index contributed by atoms with van der Waals surface area (Å²) in [6.45, 7) is -0.124. The van der Waals surface area contributed by atoms with E-state index in [0.29, 0.717) is 5.69 Å². The predicted molar refractivity (Wildman–Crippen MR) is 78.9 cm³/mol. The molecule has 0 saturated heterocycles. The molecule has 1 aromatic heterocycles. The lowest BCUT2D eigenvalue weighted by Gasteiger charge is -2.19. The molecule has 2 aromatic rings. The molecule has 1 heterocycles. The number of hydrogen-bond acceptors (Lipinski definition) is 7. The molecule has 0 amide bonds. The Bertz CT molecular complexity index is 778. The number of aromatic nitrogens is 2. The van der Waals surface area contributed by atoms with Crippen LogP contribution in [0.5, 0.6) is 0 Å². The molecule has 132 valence electrons. The number of nitro groups is 2. The van der Waals surface area contributed by atoms with Crippen molar-refractivity contribution < 1.29 is 23.0 Å². The van der Waals surface area contributed by atoms with Gasteiger partial charge in [-0.25, -0.2) is 0 Å². The van der Waals surface area contributed by atoms with Gasteiger partial charge in [0.25, 0.3) is 11.4 Å². The maximum absolute atomic E-state index is 12.9. The third-order valence-electron chi connectivity index (χ3n) is 3.19. The van der Waals surface area contributed by atoms with E-state index in [2.05, 4.69) is 9.97 Å². The minimum atomic E-state index is -4.96. The fraction of sp³-hybridized carbons (Fsp3) is 0.231. The number of nitro benzene ring substituents is 2. The number of nitrogens with zero attached hydrogens (tertiary/aromatic N) is 5. The van der Waals surface area contributed by atoms with Crippen LogP contribution in [0.3, 0.4) is 0 Å². The standard InChI is InChI=1S/C13H10F3N5O4/c1-19(7-9-6-17-2-3-18-9)12-10(20(22)23)4-8(13(14,15)16)5-11(12)21(24)25/h2-6H,7H2,1H3. The van der Waals surface area contributed by atoms with Crippen LogP contribution >= 0.6 is 0 Å². The van der Waals surface area contributed by atoms with E-state index in [1.54, 1.807) is 0 Å². The van der Waals surface area contributed by atoms with Gasteiger partial charge in [-0.2, -0.15) is 13.2 Å². The molecule has 0 unspecified atom stereocenters. The number of alkyl halides is 3. The van der Waals surface area contributed by atoms with Gasteiger partial charge in [0.05, 0.1) is 33.8 Å². The Balaban J connectivity index is 2.61. The van der Waals surface area contributed by atoms with Gasteiger partial charge in [0.2, 0.25) is 0 Å². The predicted octanol–water partition coefficient (Wildman–Crippen LogP) is 2.95. The van der Waals surface area contributed by atoms with Crippen LogP contribution in [0.15, 0.2) is 30.7 Å². The van der Waals surface area contributed by atoms with E-state index < -0.39 is 38.6 Å². The molecule has 0 fully saturated rings. The number of anilines is 1. The van der Waals surface area contributed by atoms with Crippen LogP contribution in [0.1, 0.15) is 11.3 Å². The van der Waals surface area contributed by atoms with Crippen molar-refractivity contribution in [3.8, 4) is 0 Å². The van der Waals surface area contributed by atoms with Gasteiger partial charge in [0.1, 0.15) is 0 Å². The van der Waals surface area contributed by atoms with E-state index in [1.807, 2.05) is 0 Å². The molecule has 1 aromatic carbocycles. The monoisotopic (exact) mass is 357 g/mol. The Labute approximate surface area is 138 Å². The molecular formula is C13H10F3N5O4. The average molecular weight is 357 g/mol. The second-order valence-corrected chi connectivity index (χ2v) is 4.93. The first kappa shape index (κ1) is 18.0. The van der Waals surface area contributed by atoms with Crippen LogP contribution in [0, 0.1) is 20.2 Å². The highest BCUT2D eigenvalue weighted by Gasteiger charge is 2.38. The molecule has 9 nitrogen and oxygen atoms in total. The average Bonchev–Trinajstić information content (AvgIpc) is 2.53. The quantitative estimate of drug-likeness (QED) is 0.597. The van der Waals surface area contributed by atoms with Crippen molar-refractivity contribution in [3.05, 3.63) is 62.2 Å². The Kier molecular flexibility index (Phi) is 4.81. The Morgan fingerprint density at radius 2 is 1.68 bits per heavy atom. The second-order valence-electron chi connectivity index (χ2n) is 4.93. The van der Waals surface area contributed by atoms with Gasteiger partial charge in [-0.15, -0.1) is 0 Å². The maximum atomic E-state index is 12.9. The molecule has 0 aliphatic rings. The second kappa shape index (κ2) is 6.67. The number of rotatable bonds is 5. The van der Waals surface area contributed by atoms with Crippen molar-refractivity contribution in [2.45, 2.75) is 12.7 Å². The van der Waals surface area contributed by atoms with Crippen LogP contribution in [-0.4, -0.2) is 26.9 Å². The zero-order valence-corrected chi connectivity index (χ0v) is 12.6. The normalized spacial score (nSPS) is 11.2. The highest BCUT2D eigenvalue weighted by atomic mass is 19.4. The minimum Gasteiger partial charge on any atom is -0.357 e. The van der Waals surface area contributed by atoms with Crippen LogP contribution in [0.25, 0.3) is 0 Å².